The first-order chi connectivity index (χ1) is 26.3. The Kier molecular flexibility index (Phi) is 16.1. The Labute approximate surface area is 321 Å². The molecule has 0 aliphatic carbocycles. The largest absolute Gasteiger partial charge is 0.475 e. The van der Waals surface area contributed by atoms with Gasteiger partial charge in [0.15, 0.2) is 0 Å². The molecule has 0 fully saturated rings. The second kappa shape index (κ2) is 21.4. The lowest BCUT2D eigenvalue weighted by molar-refractivity contribution is 0.196. The van der Waals surface area contributed by atoms with Crippen LogP contribution in [0.25, 0.3) is 0 Å². The van der Waals surface area contributed by atoms with Gasteiger partial charge in [-0.05, 0) is 49.2 Å². The van der Waals surface area contributed by atoms with E-state index in [1.165, 1.54) is 24.3 Å². The number of halogens is 3. The molecule has 0 aliphatic rings. The summed E-state index contributed by atoms with van der Waals surface area (Å²) >= 11 is 0. The first kappa shape index (κ1) is 41.4. The van der Waals surface area contributed by atoms with E-state index in [9.17, 15) is 8.78 Å². The van der Waals surface area contributed by atoms with Crippen molar-refractivity contribution in [2.45, 2.75) is 25.9 Å². The molecule has 0 radical (unpaired) electrons. The molecule has 0 saturated heterocycles. The molecule has 16 nitrogen and oxygen atoms in total. The van der Waals surface area contributed by atoms with Crippen LogP contribution in [0.15, 0.2) is 97.8 Å². The maximum Gasteiger partial charge on any atom is 0.228 e. The third kappa shape index (κ3) is 13.5. The summed E-state index contributed by atoms with van der Waals surface area (Å²) in [6.07, 6.45) is 9.37. The van der Waals surface area contributed by atoms with Gasteiger partial charge < -0.3 is 41.0 Å². The number of rotatable bonds is 16. The molecule has 0 spiro atoms. The number of aromatic nitrogens is 8. The minimum Gasteiger partial charge on any atom is -0.475 e. The average Bonchev–Trinajstić information content (AvgIpc) is 3.17. The topological polar surface area (TPSA) is 210 Å². The minimum atomic E-state index is -0.294. The number of nitrogens with zero attached hydrogens (tertiary/aromatic N) is 8. The maximum atomic E-state index is 13.1. The second-order valence-electron chi connectivity index (χ2n) is 11.2. The van der Waals surface area contributed by atoms with Gasteiger partial charge in [0.2, 0.25) is 23.7 Å². The van der Waals surface area contributed by atoms with E-state index in [0.717, 1.165) is 11.1 Å². The molecule has 0 amide bonds. The highest BCUT2D eigenvalue weighted by Gasteiger charge is 2.13. The van der Waals surface area contributed by atoms with E-state index in [4.69, 9.17) is 19.7 Å². The van der Waals surface area contributed by atoms with Crippen molar-refractivity contribution in [1.82, 2.24) is 39.9 Å². The van der Waals surface area contributed by atoms with Gasteiger partial charge in [-0.2, -0.15) is 19.9 Å². The third-order valence-electron chi connectivity index (χ3n) is 7.16. The Morgan fingerprint density at radius 3 is 1.33 bits per heavy atom. The van der Waals surface area contributed by atoms with Gasteiger partial charge in [-0.25, -0.2) is 18.7 Å². The van der Waals surface area contributed by atoms with Crippen molar-refractivity contribution in [2.75, 3.05) is 47.7 Å². The molecule has 2 atom stereocenters. The van der Waals surface area contributed by atoms with Crippen LogP contribution in [0.4, 0.5) is 43.9 Å². The van der Waals surface area contributed by atoms with Crippen molar-refractivity contribution in [3.8, 4) is 11.8 Å². The highest BCUT2D eigenvalue weighted by molar-refractivity contribution is 5.85. The molecule has 4 heterocycles. The van der Waals surface area contributed by atoms with Gasteiger partial charge in [-0.15, -0.1) is 12.4 Å². The number of aliphatic hydroxyl groups excluding tert-OH is 2. The average molecular weight is 777 g/mol. The zero-order chi connectivity index (χ0) is 38.1. The lowest BCUT2D eigenvalue weighted by Crippen LogP contribution is -2.12. The smallest absolute Gasteiger partial charge is 0.228 e. The molecule has 0 unspecified atom stereocenters. The molecule has 0 aliphatic heterocycles. The molecule has 2 aromatic carbocycles. The molecule has 4 aromatic heterocycles. The number of hydrogen-bond acceptors (Lipinski definition) is 16. The van der Waals surface area contributed by atoms with E-state index in [1.54, 1.807) is 73.6 Å². The quantitative estimate of drug-likeness (QED) is 0.0685. The number of anilines is 6. The summed E-state index contributed by atoms with van der Waals surface area (Å²) < 4.78 is 37.0. The number of ether oxygens (including phenoxy) is 2. The third-order valence-corrected chi connectivity index (χ3v) is 7.16. The molecule has 0 bridgehead atoms. The lowest BCUT2D eigenvalue weighted by Gasteiger charge is -2.16. The van der Waals surface area contributed by atoms with E-state index in [2.05, 4.69) is 61.1 Å². The lowest BCUT2D eigenvalue weighted by atomic mass is 10.1. The number of hydrogen-bond donors (Lipinski definition) is 6. The van der Waals surface area contributed by atoms with Crippen molar-refractivity contribution in [1.29, 1.82) is 0 Å². The highest BCUT2D eigenvalue weighted by atomic mass is 35.5. The van der Waals surface area contributed by atoms with Crippen LogP contribution in [0.2, 0.25) is 0 Å². The Balaban J connectivity index is 0.000000240. The summed E-state index contributed by atoms with van der Waals surface area (Å²) in [4.78, 5) is 33.7. The van der Waals surface area contributed by atoms with Crippen LogP contribution in [0.5, 0.6) is 11.8 Å². The van der Waals surface area contributed by atoms with Crippen LogP contribution in [-0.2, 0) is 0 Å². The Hall–Kier alpha value is -6.37. The van der Waals surface area contributed by atoms with Gasteiger partial charge in [-0.3, -0.25) is 9.97 Å². The van der Waals surface area contributed by atoms with Crippen LogP contribution < -0.4 is 30.7 Å². The fraction of sp³-hybridized carbons (Fsp3) is 0.222. The Morgan fingerprint density at radius 2 is 0.982 bits per heavy atom. The van der Waals surface area contributed by atoms with E-state index in [-0.39, 0.29) is 62.6 Å². The van der Waals surface area contributed by atoms with Gasteiger partial charge in [0.25, 0.3) is 0 Å². The van der Waals surface area contributed by atoms with E-state index in [1.807, 2.05) is 13.8 Å². The van der Waals surface area contributed by atoms with Crippen LogP contribution in [0, 0.1) is 11.6 Å². The van der Waals surface area contributed by atoms with Crippen LogP contribution in [0.1, 0.15) is 37.1 Å². The van der Waals surface area contributed by atoms with Crippen molar-refractivity contribution < 1.29 is 28.5 Å². The number of aliphatic hydroxyl groups is 2. The summed E-state index contributed by atoms with van der Waals surface area (Å²) in [5.41, 5.74) is 1.76. The summed E-state index contributed by atoms with van der Waals surface area (Å²) in [6, 6.07) is 15.2. The zero-order valence-electron chi connectivity index (χ0n) is 29.7. The summed E-state index contributed by atoms with van der Waals surface area (Å²) in [7, 11) is 0. The molecule has 6 rings (SSSR count). The van der Waals surface area contributed by atoms with Crippen LogP contribution >= 0.6 is 12.4 Å². The predicted molar refractivity (Wildman–Crippen MR) is 204 cm³/mol. The molecule has 0 saturated carbocycles. The first-order valence-electron chi connectivity index (χ1n) is 16.6. The molecular formula is C36H39ClF2N12O4. The standard InChI is InChI=1S/2C18H19FN6O2.ClH/c2*1-12(13-2-4-14(19)5-3-13)22-18-24-15(10-17(25-18)27-9-8-26)23-16-11-20-6-7-21-16;/h2*2-7,10-12,26H,8-9H2,1H3,(H2,21,22,23,24,25);1H/t2*12-;/m00./s1. The molecule has 6 aromatic rings. The van der Waals surface area contributed by atoms with Gasteiger partial charge in [0.1, 0.15) is 48.1 Å². The van der Waals surface area contributed by atoms with Crippen molar-refractivity contribution >= 4 is 47.6 Å². The van der Waals surface area contributed by atoms with Crippen molar-refractivity contribution in [2.24, 2.45) is 0 Å². The molecule has 6 N–H and O–H groups in total. The second-order valence-corrected chi connectivity index (χ2v) is 11.2. The summed E-state index contributed by atoms with van der Waals surface area (Å²) in [6.45, 7) is 3.77. The maximum absolute atomic E-state index is 13.1. The Bertz CT molecular complexity index is 1880. The normalized spacial score (nSPS) is 11.5. The molecule has 288 valence electrons. The molecule has 19 heteroatoms. The summed E-state index contributed by atoms with van der Waals surface area (Å²) in [5.74, 6) is 2.55. The fourth-order valence-corrected chi connectivity index (χ4v) is 4.60. The van der Waals surface area contributed by atoms with E-state index in [0.29, 0.717) is 46.9 Å². The van der Waals surface area contributed by atoms with Crippen molar-refractivity contribution in [3.05, 3.63) is 121 Å². The first-order valence-corrected chi connectivity index (χ1v) is 16.6. The summed E-state index contributed by atoms with van der Waals surface area (Å²) in [5, 5.41) is 30.3. The minimum absolute atomic E-state index is 0. The SMILES string of the molecule is C[C@H](Nc1nc(Nc2cnccn2)cc(OCCO)n1)c1ccc(F)cc1.C[C@H](Nc1nc(Nc2cnccn2)cc(OCCO)n1)c1ccc(F)cc1.Cl. The van der Waals surface area contributed by atoms with Crippen LogP contribution in [-0.4, -0.2) is 76.5 Å². The monoisotopic (exact) mass is 776 g/mol. The zero-order valence-corrected chi connectivity index (χ0v) is 30.5. The van der Waals surface area contributed by atoms with E-state index >= 15 is 0 Å². The van der Waals surface area contributed by atoms with Gasteiger partial charge >= 0.3 is 0 Å². The van der Waals surface area contributed by atoms with Gasteiger partial charge in [0, 0.05) is 36.9 Å². The number of benzene rings is 2. The predicted octanol–water partition coefficient (Wildman–Crippen LogP) is 5.81. The Morgan fingerprint density at radius 1 is 0.582 bits per heavy atom. The van der Waals surface area contributed by atoms with Crippen LogP contribution in [0.3, 0.4) is 0 Å². The van der Waals surface area contributed by atoms with Gasteiger partial charge in [-0.1, -0.05) is 24.3 Å². The number of nitrogens with one attached hydrogen (secondary N) is 4. The molecule has 55 heavy (non-hydrogen) atoms. The molecular weight excluding hydrogens is 738 g/mol. The van der Waals surface area contributed by atoms with Gasteiger partial charge in [0.05, 0.1) is 37.7 Å². The fourth-order valence-electron chi connectivity index (χ4n) is 4.60. The van der Waals surface area contributed by atoms with Crippen molar-refractivity contribution in [3.63, 3.8) is 0 Å². The van der Waals surface area contributed by atoms with E-state index < -0.39 is 0 Å². The highest BCUT2D eigenvalue weighted by Crippen LogP contribution is 2.24.